The van der Waals surface area contributed by atoms with Gasteiger partial charge in [-0.2, -0.15) is 4.31 Å². The Hall–Kier alpha value is -1.41. The summed E-state index contributed by atoms with van der Waals surface area (Å²) in [5.74, 6) is -1.06. The van der Waals surface area contributed by atoms with Crippen molar-refractivity contribution >= 4 is 16.0 Å². The van der Waals surface area contributed by atoms with Crippen molar-refractivity contribution in [2.24, 2.45) is 5.92 Å². The van der Waals surface area contributed by atoms with Gasteiger partial charge in [-0.25, -0.2) is 13.4 Å². The molecule has 0 spiro atoms. The third-order valence-corrected chi connectivity index (χ3v) is 4.81. The minimum atomic E-state index is -3.66. The number of nitrogens with zero attached hydrogens (tertiary/aromatic N) is 2. The number of carbonyl (C=O) groups is 1. The van der Waals surface area contributed by atoms with Gasteiger partial charge in [-0.05, 0) is 19.8 Å². The normalized spacial score (nSPS) is 21.9. The minimum Gasteiger partial charge on any atom is -0.481 e. The highest BCUT2D eigenvalue weighted by Crippen LogP contribution is 2.22. The second-order valence-electron chi connectivity index (χ2n) is 4.37. The van der Waals surface area contributed by atoms with Crippen molar-refractivity contribution in [3.63, 3.8) is 0 Å². The summed E-state index contributed by atoms with van der Waals surface area (Å²) >= 11 is 0. The number of nitrogens with one attached hydrogen (secondary N) is 1. The lowest BCUT2D eigenvalue weighted by Crippen LogP contribution is -2.42. The van der Waals surface area contributed by atoms with Gasteiger partial charge >= 0.3 is 5.97 Å². The van der Waals surface area contributed by atoms with E-state index in [9.17, 15) is 13.2 Å². The third-order valence-electron chi connectivity index (χ3n) is 3.03. The molecule has 1 aromatic rings. The molecule has 2 rings (SSSR count). The second kappa shape index (κ2) is 4.69. The van der Waals surface area contributed by atoms with Gasteiger partial charge in [-0.1, -0.05) is 0 Å². The van der Waals surface area contributed by atoms with Gasteiger partial charge < -0.3 is 10.1 Å². The lowest BCUT2D eigenvalue weighted by atomic mass is 10.0. The van der Waals surface area contributed by atoms with E-state index in [1.165, 1.54) is 10.5 Å². The number of aryl methyl sites for hydroxylation is 1. The fourth-order valence-corrected chi connectivity index (χ4v) is 3.52. The molecule has 1 aliphatic rings. The average molecular weight is 273 g/mol. The van der Waals surface area contributed by atoms with E-state index in [0.29, 0.717) is 25.2 Å². The predicted molar refractivity (Wildman–Crippen MR) is 62.4 cm³/mol. The van der Waals surface area contributed by atoms with Gasteiger partial charge in [-0.15, -0.1) is 0 Å². The van der Waals surface area contributed by atoms with Crippen LogP contribution in [-0.2, 0) is 14.8 Å². The molecule has 0 unspecified atom stereocenters. The Bertz CT molecular complexity index is 551. The topological polar surface area (TPSA) is 103 Å². The Labute approximate surface area is 105 Å². The number of sulfonamides is 1. The SMILES string of the molecule is Cc1ncc(S(=O)(=O)N2CCC[C@H](C(=O)O)C2)[nH]1. The van der Waals surface area contributed by atoms with Gasteiger partial charge in [0.1, 0.15) is 5.82 Å². The average Bonchev–Trinajstić information content (AvgIpc) is 2.77. The Kier molecular flexibility index (Phi) is 3.40. The fourth-order valence-electron chi connectivity index (χ4n) is 2.03. The number of aromatic amines is 1. The van der Waals surface area contributed by atoms with Crippen LogP contribution in [0.25, 0.3) is 0 Å². The summed E-state index contributed by atoms with van der Waals surface area (Å²) < 4.78 is 25.7. The van der Waals surface area contributed by atoms with E-state index in [4.69, 9.17) is 5.11 Å². The first kappa shape index (κ1) is 13.0. The van der Waals surface area contributed by atoms with Crippen LogP contribution in [-0.4, -0.2) is 46.9 Å². The van der Waals surface area contributed by atoms with Crippen LogP contribution in [0.1, 0.15) is 18.7 Å². The zero-order valence-electron chi connectivity index (χ0n) is 9.96. The maximum absolute atomic E-state index is 12.2. The van der Waals surface area contributed by atoms with Crippen molar-refractivity contribution in [3.05, 3.63) is 12.0 Å². The van der Waals surface area contributed by atoms with Crippen molar-refractivity contribution in [3.8, 4) is 0 Å². The van der Waals surface area contributed by atoms with E-state index in [-0.39, 0.29) is 11.6 Å². The minimum absolute atomic E-state index is 0.0195. The Balaban J connectivity index is 2.22. The summed E-state index contributed by atoms with van der Waals surface area (Å²) in [5, 5.41) is 8.97. The van der Waals surface area contributed by atoms with E-state index in [1.807, 2.05) is 0 Å². The Morgan fingerprint density at radius 3 is 2.89 bits per heavy atom. The van der Waals surface area contributed by atoms with Crippen LogP contribution in [0.2, 0.25) is 0 Å². The van der Waals surface area contributed by atoms with Crippen LogP contribution in [0.15, 0.2) is 11.2 Å². The summed E-state index contributed by atoms with van der Waals surface area (Å²) in [7, 11) is -3.66. The van der Waals surface area contributed by atoms with Crippen LogP contribution in [0, 0.1) is 12.8 Å². The van der Waals surface area contributed by atoms with Crippen LogP contribution in [0.3, 0.4) is 0 Å². The standard InChI is InChI=1S/C10H15N3O4S/c1-7-11-5-9(12-7)18(16,17)13-4-2-3-8(6-13)10(14)15/h5,8H,2-4,6H2,1H3,(H,11,12)(H,14,15)/t8-/m0/s1. The number of carboxylic acid groups (broad SMARTS) is 1. The van der Waals surface area contributed by atoms with Crippen molar-refractivity contribution in [2.75, 3.05) is 13.1 Å². The first-order valence-electron chi connectivity index (χ1n) is 5.66. The Morgan fingerprint density at radius 2 is 2.33 bits per heavy atom. The molecule has 8 heteroatoms. The summed E-state index contributed by atoms with van der Waals surface area (Å²) in [6, 6.07) is 0. The maximum atomic E-state index is 12.2. The van der Waals surface area contributed by atoms with E-state index in [2.05, 4.69) is 9.97 Å². The second-order valence-corrected chi connectivity index (χ2v) is 6.28. The van der Waals surface area contributed by atoms with E-state index in [0.717, 1.165) is 0 Å². The largest absolute Gasteiger partial charge is 0.481 e. The molecule has 1 fully saturated rings. The van der Waals surface area contributed by atoms with Crippen LogP contribution in [0.4, 0.5) is 0 Å². The molecule has 7 nitrogen and oxygen atoms in total. The molecule has 2 N–H and O–H groups in total. The summed E-state index contributed by atoms with van der Waals surface area (Å²) in [6.07, 6.45) is 2.34. The summed E-state index contributed by atoms with van der Waals surface area (Å²) in [4.78, 5) is 17.4. The Morgan fingerprint density at radius 1 is 1.61 bits per heavy atom. The van der Waals surface area contributed by atoms with Gasteiger partial charge in [0.15, 0.2) is 5.03 Å². The summed E-state index contributed by atoms with van der Waals surface area (Å²) in [5.41, 5.74) is 0. The number of hydrogen-bond donors (Lipinski definition) is 2. The molecule has 0 radical (unpaired) electrons. The van der Waals surface area contributed by atoms with Crippen LogP contribution < -0.4 is 0 Å². The van der Waals surface area contributed by atoms with Crippen LogP contribution in [0.5, 0.6) is 0 Å². The molecule has 0 bridgehead atoms. The quantitative estimate of drug-likeness (QED) is 0.819. The van der Waals surface area contributed by atoms with Crippen LogP contribution >= 0.6 is 0 Å². The maximum Gasteiger partial charge on any atom is 0.307 e. The van der Waals surface area contributed by atoms with Gasteiger partial charge in [0.05, 0.1) is 12.1 Å². The van der Waals surface area contributed by atoms with Gasteiger partial charge in [0.25, 0.3) is 10.0 Å². The molecule has 1 saturated heterocycles. The van der Waals surface area contributed by atoms with E-state index >= 15 is 0 Å². The van der Waals surface area contributed by atoms with Crippen molar-refractivity contribution in [2.45, 2.75) is 24.8 Å². The zero-order chi connectivity index (χ0) is 13.3. The monoisotopic (exact) mass is 273 g/mol. The first-order valence-corrected chi connectivity index (χ1v) is 7.10. The zero-order valence-corrected chi connectivity index (χ0v) is 10.8. The molecule has 0 aromatic carbocycles. The molecular weight excluding hydrogens is 258 g/mol. The molecule has 2 heterocycles. The molecule has 0 amide bonds. The lowest BCUT2D eigenvalue weighted by Gasteiger charge is -2.29. The first-order chi connectivity index (χ1) is 8.41. The van der Waals surface area contributed by atoms with Gasteiger partial charge in [-0.3, -0.25) is 4.79 Å². The highest BCUT2D eigenvalue weighted by Gasteiger charge is 2.34. The van der Waals surface area contributed by atoms with Gasteiger partial charge in [0.2, 0.25) is 0 Å². The molecule has 0 aliphatic carbocycles. The van der Waals surface area contributed by atoms with Crippen molar-refractivity contribution in [1.29, 1.82) is 0 Å². The number of aliphatic carboxylic acids is 1. The highest BCUT2D eigenvalue weighted by molar-refractivity contribution is 7.89. The molecule has 1 aromatic heterocycles. The number of aromatic nitrogens is 2. The number of imidazole rings is 1. The highest BCUT2D eigenvalue weighted by atomic mass is 32.2. The van der Waals surface area contributed by atoms with E-state index in [1.54, 1.807) is 6.92 Å². The third kappa shape index (κ3) is 2.39. The number of rotatable bonds is 3. The number of piperidine rings is 1. The van der Waals surface area contributed by atoms with Gasteiger partial charge in [0, 0.05) is 13.1 Å². The molecule has 100 valence electrons. The van der Waals surface area contributed by atoms with Crippen molar-refractivity contribution < 1.29 is 18.3 Å². The predicted octanol–water partition coefficient (Wildman–Crippen LogP) is 0.203. The number of hydrogen-bond acceptors (Lipinski definition) is 4. The lowest BCUT2D eigenvalue weighted by molar-refractivity contribution is -0.142. The fraction of sp³-hybridized carbons (Fsp3) is 0.600. The number of carboxylic acids is 1. The molecule has 1 aliphatic heterocycles. The number of H-pyrrole nitrogens is 1. The molecular formula is C10H15N3O4S. The molecule has 1 atom stereocenters. The molecule has 0 saturated carbocycles. The smallest absolute Gasteiger partial charge is 0.307 e. The van der Waals surface area contributed by atoms with Crippen molar-refractivity contribution in [1.82, 2.24) is 14.3 Å². The summed E-state index contributed by atoms with van der Waals surface area (Å²) in [6.45, 7) is 2.04. The molecule has 18 heavy (non-hydrogen) atoms. The van der Waals surface area contributed by atoms with E-state index < -0.39 is 21.9 Å².